The fourth-order valence-corrected chi connectivity index (χ4v) is 9.20. The molecule has 0 N–H and O–H groups in total. The summed E-state index contributed by atoms with van der Waals surface area (Å²) in [6.07, 6.45) is 0. The van der Waals surface area contributed by atoms with Crippen LogP contribution in [0.25, 0.3) is 99.2 Å². The third-order valence-electron chi connectivity index (χ3n) is 12.1. The van der Waals surface area contributed by atoms with E-state index in [4.69, 9.17) is 8.83 Å². The predicted molar refractivity (Wildman–Crippen MR) is 255 cm³/mol. The SMILES string of the molecule is c1ccc(-c2ccc3c(-c4ccc(N(c5cccc6c5oc5c(-c7ccccc7)cccc56)c5cccc6c5oc5c(-c7ccccc7)cccc56)cc4)cccc3c2)cc1. The quantitative estimate of drug-likeness (QED) is 0.161. The van der Waals surface area contributed by atoms with Crippen LogP contribution in [0, 0.1) is 0 Å². The highest BCUT2D eigenvalue weighted by Gasteiger charge is 2.25. The van der Waals surface area contributed by atoms with E-state index in [0.29, 0.717) is 0 Å². The molecule has 3 heteroatoms. The van der Waals surface area contributed by atoms with Crippen LogP contribution in [0.4, 0.5) is 17.1 Å². The Hall–Kier alpha value is -8.14. The maximum absolute atomic E-state index is 7.05. The molecule has 10 aromatic carbocycles. The summed E-state index contributed by atoms with van der Waals surface area (Å²) in [7, 11) is 0. The zero-order chi connectivity index (χ0) is 40.3. The average Bonchev–Trinajstić information content (AvgIpc) is 3.92. The molecular formula is C58H37NO2. The van der Waals surface area contributed by atoms with E-state index in [1.807, 2.05) is 12.1 Å². The lowest BCUT2D eigenvalue weighted by Crippen LogP contribution is -2.10. The van der Waals surface area contributed by atoms with Crippen molar-refractivity contribution in [3.63, 3.8) is 0 Å². The van der Waals surface area contributed by atoms with E-state index in [-0.39, 0.29) is 0 Å². The average molecular weight is 780 g/mol. The molecule has 2 aromatic heterocycles. The topological polar surface area (TPSA) is 29.5 Å². The predicted octanol–water partition coefficient (Wildman–Crippen LogP) is 16.8. The number of nitrogens with zero attached hydrogens (tertiary/aromatic N) is 1. The molecule has 286 valence electrons. The Balaban J connectivity index is 1.06. The summed E-state index contributed by atoms with van der Waals surface area (Å²) in [4.78, 5) is 2.30. The van der Waals surface area contributed by atoms with E-state index in [1.165, 1.54) is 27.5 Å². The minimum Gasteiger partial charge on any atom is -0.453 e. The summed E-state index contributed by atoms with van der Waals surface area (Å²) in [5, 5.41) is 6.70. The number of rotatable bonds is 7. The zero-order valence-electron chi connectivity index (χ0n) is 33.1. The number of fused-ring (bicyclic) bond motifs is 7. The molecular weight excluding hydrogens is 743 g/mol. The molecule has 0 unspecified atom stereocenters. The van der Waals surface area contributed by atoms with Crippen LogP contribution in [0.3, 0.4) is 0 Å². The second kappa shape index (κ2) is 14.3. The van der Waals surface area contributed by atoms with E-state index in [1.54, 1.807) is 0 Å². The van der Waals surface area contributed by atoms with Gasteiger partial charge in [0.1, 0.15) is 11.2 Å². The van der Waals surface area contributed by atoms with E-state index >= 15 is 0 Å². The third-order valence-corrected chi connectivity index (χ3v) is 12.1. The second-order valence-corrected chi connectivity index (χ2v) is 15.6. The van der Waals surface area contributed by atoms with E-state index in [2.05, 4.69) is 217 Å². The highest BCUT2D eigenvalue weighted by atomic mass is 16.3. The van der Waals surface area contributed by atoms with Gasteiger partial charge >= 0.3 is 0 Å². The van der Waals surface area contributed by atoms with Gasteiger partial charge in [-0.05, 0) is 74.5 Å². The first-order valence-electron chi connectivity index (χ1n) is 20.7. The maximum atomic E-state index is 7.05. The highest BCUT2D eigenvalue weighted by molar-refractivity contribution is 6.17. The number of anilines is 3. The Morgan fingerprint density at radius 3 is 1.23 bits per heavy atom. The maximum Gasteiger partial charge on any atom is 0.159 e. The molecule has 0 atom stereocenters. The van der Waals surface area contributed by atoms with Crippen LogP contribution in [0.5, 0.6) is 0 Å². The van der Waals surface area contributed by atoms with Crippen LogP contribution in [0.15, 0.2) is 233 Å². The second-order valence-electron chi connectivity index (χ2n) is 15.6. The monoisotopic (exact) mass is 779 g/mol. The van der Waals surface area contributed by atoms with Gasteiger partial charge in [-0.3, -0.25) is 0 Å². The van der Waals surface area contributed by atoms with Gasteiger partial charge in [-0.25, -0.2) is 0 Å². The van der Waals surface area contributed by atoms with E-state index in [0.717, 1.165) is 88.8 Å². The van der Waals surface area contributed by atoms with Crippen LogP contribution in [0.2, 0.25) is 0 Å². The van der Waals surface area contributed by atoms with Crippen LogP contribution in [0.1, 0.15) is 0 Å². The molecule has 0 bridgehead atoms. The summed E-state index contributed by atoms with van der Waals surface area (Å²) in [5.41, 5.74) is 15.3. The van der Waals surface area contributed by atoms with Crippen molar-refractivity contribution >= 4 is 71.7 Å². The number of para-hydroxylation sites is 4. The van der Waals surface area contributed by atoms with Crippen LogP contribution in [-0.2, 0) is 0 Å². The van der Waals surface area contributed by atoms with Crippen LogP contribution >= 0.6 is 0 Å². The molecule has 2 heterocycles. The molecule has 0 aliphatic rings. The fraction of sp³-hybridized carbons (Fsp3) is 0. The summed E-state index contributed by atoms with van der Waals surface area (Å²) in [6.45, 7) is 0. The standard InChI is InChI=1S/C58H37NO2/c1-4-15-38(16-5-1)42-33-36-46-43(37-42)21-10-22-45(46)41-31-34-44(35-32-41)59(53-29-13-27-51-49-25-11-23-47(55(49)60-57(51)53)39-17-6-2-7-18-39)54-30-14-28-52-50-26-12-24-48(56(50)61-58(52)54)40-19-8-3-9-20-40/h1-37H. The summed E-state index contributed by atoms with van der Waals surface area (Å²) >= 11 is 0. The smallest absolute Gasteiger partial charge is 0.159 e. The number of hydrogen-bond acceptors (Lipinski definition) is 3. The van der Waals surface area contributed by atoms with Crippen molar-refractivity contribution < 1.29 is 8.83 Å². The van der Waals surface area contributed by atoms with Crippen molar-refractivity contribution in [2.24, 2.45) is 0 Å². The Bertz CT molecular complexity index is 3410. The molecule has 12 aromatic rings. The molecule has 0 fully saturated rings. The molecule has 0 saturated heterocycles. The van der Waals surface area contributed by atoms with Crippen molar-refractivity contribution in [3.8, 4) is 44.5 Å². The molecule has 12 rings (SSSR count). The van der Waals surface area contributed by atoms with Crippen molar-refractivity contribution in [1.29, 1.82) is 0 Å². The minimum atomic E-state index is 0.811. The van der Waals surface area contributed by atoms with Crippen LogP contribution in [-0.4, -0.2) is 0 Å². The van der Waals surface area contributed by atoms with Crippen molar-refractivity contribution in [1.82, 2.24) is 0 Å². The Kier molecular flexibility index (Phi) is 8.17. The molecule has 0 aliphatic heterocycles. The van der Waals surface area contributed by atoms with Crippen LogP contribution < -0.4 is 4.90 Å². The molecule has 0 amide bonds. The molecule has 0 spiro atoms. The molecule has 3 nitrogen and oxygen atoms in total. The van der Waals surface area contributed by atoms with Gasteiger partial charge in [0.2, 0.25) is 0 Å². The van der Waals surface area contributed by atoms with Gasteiger partial charge in [-0.15, -0.1) is 0 Å². The Morgan fingerprint density at radius 2 is 0.689 bits per heavy atom. The molecule has 0 saturated carbocycles. The first kappa shape index (κ1) is 34.9. The van der Waals surface area contributed by atoms with E-state index < -0.39 is 0 Å². The van der Waals surface area contributed by atoms with E-state index in [9.17, 15) is 0 Å². The van der Waals surface area contributed by atoms with Gasteiger partial charge in [0.25, 0.3) is 0 Å². The number of benzene rings is 10. The molecule has 0 radical (unpaired) electrons. The van der Waals surface area contributed by atoms with Crippen molar-refractivity contribution in [3.05, 3.63) is 224 Å². The normalized spacial score (nSPS) is 11.6. The largest absolute Gasteiger partial charge is 0.453 e. The van der Waals surface area contributed by atoms with Gasteiger partial charge in [0.15, 0.2) is 11.2 Å². The number of furan rings is 2. The summed E-state index contributed by atoms with van der Waals surface area (Å²) in [5.74, 6) is 0. The van der Waals surface area contributed by atoms with Gasteiger partial charge in [-0.2, -0.15) is 0 Å². The third kappa shape index (κ3) is 5.82. The highest BCUT2D eigenvalue weighted by Crippen LogP contribution is 2.48. The minimum absolute atomic E-state index is 0.811. The molecule has 0 aliphatic carbocycles. The number of hydrogen-bond donors (Lipinski definition) is 0. The fourth-order valence-electron chi connectivity index (χ4n) is 9.20. The van der Waals surface area contributed by atoms with Crippen molar-refractivity contribution in [2.75, 3.05) is 4.90 Å². The Morgan fingerprint density at radius 1 is 0.262 bits per heavy atom. The first-order valence-corrected chi connectivity index (χ1v) is 20.7. The lowest BCUT2D eigenvalue weighted by atomic mass is 9.95. The van der Waals surface area contributed by atoms with Gasteiger partial charge < -0.3 is 13.7 Å². The van der Waals surface area contributed by atoms with Gasteiger partial charge in [0.05, 0.1) is 11.4 Å². The lowest BCUT2D eigenvalue weighted by molar-refractivity contribution is 0.667. The van der Waals surface area contributed by atoms with Crippen molar-refractivity contribution in [2.45, 2.75) is 0 Å². The summed E-state index contributed by atoms with van der Waals surface area (Å²) in [6, 6.07) is 79.6. The Labute approximate surface area is 353 Å². The summed E-state index contributed by atoms with van der Waals surface area (Å²) < 4.78 is 14.1. The zero-order valence-corrected chi connectivity index (χ0v) is 33.1. The van der Waals surface area contributed by atoms with Gasteiger partial charge in [-0.1, -0.05) is 194 Å². The van der Waals surface area contributed by atoms with Gasteiger partial charge in [0, 0.05) is 38.4 Å². The lowest BCUT2D eigenvalue weighted by Gasteiger charge is -2.26. The molecule has 61 heavy (non-hydrogen) atoms. The first-order chi connectivity index (χ1) is 30.3.